The molecule has 1 atom stereocenters. The summed E-state index contributed by atoms with van der Waals surface area (Å²) in [5.41, 5.74) is 0.167. The van der Waals surface area contributed by atoms with Crippen molar-refractivity contribution < 1.29 is 9.84 Å². The van der Waals surface area contributed by atoms with Gasteiger partial charge in [0, 0.05) is 16.8 Å². The summed E-state index contributed by atoms with van der Waals surface area (Å²) in [6, 6.07) is 7.65. The minimum atomic E-state index is 0.167. The maximum atomic E-state index is 9.85. The molecule has 98 valence electrons. The molecule has 1 aromatic rings. The predicted octanol–water partition coefficient (Wildman–Crippen LogP) is 3.98. The maximum Gasteiger partial charge on any atom is 0.129 e. The van der Waals surface area contributed by atoms with Crippen LogP contribution in [-0.4, -0.2) is 22.6 Å². The molecule has 1 heterocycles. The molecule has 1 unspecified atom stereocenters. The summed E-state index contributed by atoms with van der Waals surface area (Å²) >= 11 is 1.82. The Morgan fingerprint density at radius 1 is 1.22 bits per heavy atom. The Labute approximate surface area is 113 Å². The first-order chi connectivity index (χ1) is 8.77. The predicted molar refractivity (Wildman–Crippen MR) is 74.1 cm³/mol. The lowest BCUT2D eigenvalue weighted by molar-refractivity contribution is -0.0704. The molecule has 1 aromatic carbocycles. The van der Waals surface area contributed by atoms with Crippen LogP contribution in [0.4, 0.5) is 0 Å². The Bertz CT molecular complexity index is 413. The normalized spacial score (nSPS) is 26.6. The summed E-state index contributed by atoms with van der Waals surface area (Å²) in [6.07, 6.45) is 7.32. The van der Waals surface area contributed by atoms with E-state index in [1.807, 2.05) is 30.0 Å². The van der Waals surface area contributed by atoms with Gasteiger partial charge in [-0.2, -0.15) is 0 Å². The van der Waals surface area contributed by atoms with Crippen LogP contribution < -0.4 is 0 Å². The van der Waals surface area contributed by atoms with Crippen LogP contribution >= 0.6 is 11.8 Å². The monoisotopic (exact) mass is 264 g/mol. The van der Waals surface area contributed by atoms with Crippen molar-refractivity contribution in [1.82, 2.24) is 0 Å². The molecule has 0 bridgehead atoms. The van der Waals surface area contributed by atoms with Crippen LogP contribution in [0.15, 0.2) is 29.2 Å². The third-order valence-corrected chi connectivity index (χ3v) is 5.46. The first-order valence-electron chi connectivity index (χ1n) is 6.86. The molecule has 1 spiro atoms. The van der Waals surface area contributed by atoms with Gasteiger partial charge in [-0.3, -0.25) is 0 Å². The Hall–Kier alpha value is -0.670. The second kappa shape index (κ2) is 5.14. The van der Waals surface area contributed by atoms with Gasteiger partial charge in [0.15, 0.2) is 0 Å². The summed E-state index contributed by atoms with van der Waals surface area (Å²) in [4.78, 5) is 1.01. The molecule has 18 heavy (non-hydrogen) atoms. The average molecular weight is 264 g/mol. The molecule has 0 aromatic heterocycles. The molecule has 1 aliphatic carbocycles. The van der Waals surface area contributed by atoms with E-state index in [1.165, 1.54) is 25.7 Å². The summed E-state index contributed by atoms with van der Waals surface area (Å²) in [5.74, 6) is 0.412. The first-order valence-corrected chi connectivity index (χ1v) is 7.74. The molecule has 2 aliphatic rings. The van der Waals surface area contributed by atoms with Crippen molar-refractivity contribution in [3.8, 4) is 5.75 Å². The Morgan fingerprint density at radius 3 is 2.78 bits per heavy atom. The van der Waals surface area contributed by atoms with Crippen molar-refractivity contribution in [2.24, 2.45) is 0 Å². The number of hydrogen-bond donors (Lipinski definition) is 1. The highest BCUT2D eigenvalue weighted by molar-refractivity contribution is 8.00. The lowest BCUT2D eigenvalue weighted by atomic mass is 9.92. The van der Waals surface area contributed by atoms with Crippen LogP contribution in [0.3, 0.4) is 0 Å². The van der Waals surface area contributed by atoms with Crippen LogP contribution in [0.25, 0.3) is 0 Å². The van der Waals surface area contributed by atoms with Gasteiger partial charge in [0.05, 0.1) is 5.60 Å². The van der Waals surface area contributed by atoms with Crippen molar-refractivity contribution in [3.05, 3.63) is 24.3 Å². The number of ether oxygens (including phenoxy) is 1. The quantitative estimate of drug-likeness (QED) is 0.876. The maximum absolute atomic E-state index is 9.85. The van der Waals surface area contributed by atoms with E-state index in [0.717, 1.165) is 24.3 Å². The van der Waals surface area contributed by atoms with Gasteiger partial charge in [-0.25, -0.2) is 0 Å². The van der Waals surface area contributed by atoms with Crippen LogP contribution in [0.2, 0.25) is 0 Å². The topological polar surface area (TPSA) is 29.5 Å². The number of phenols is 1. The minimum Gasteiger partial charge on any atom is -0.507 e. The van der Waals surface area contributed by atoms with E-state index in [9.17, 15) is 5.11 Å². The summed E-state index contributed by atoms with van der Waals surface area (Å²) in [7, 11) is 0. The van der Waals surface area contributed by atoms with Crippen LogP contribution in [0.5, 0.6) is 5.75 Å². The number of rotatable bonds is 2. The van der Waals surface area contributed by atoms with E-state index in [4.69, 9.17) is 4.74 Å². The highest BCUT2D eigenvalue weighted by Crippen LogP contribution is 2.45. The van der Waals surface area contributed by atoms with Crippen molar-refractivity contribution >= 4 is 11.8 Å². The van der Waals surface area contributed by atoms with Crippen molar-refractivity contribution in [1.29, 1.82) is 0 Å². The number of hydrogen-bond acceptors (Lipinski definition) is 3. The molecule has 0 radical (unpaired) electrons. The van der Waals surface area contributed by atoms with E-state index >= 15 is 0 Å². The van der Waals surface area contributed by atoms with Crippen molar-refractivity contribution in [2.75, 3.05) is 6.61 Å². The standard InChI is InChI=1S/C15H20O2S/c16-13-5-1-2-6-14(13)18-12-7-10-17-15(11-12)8-3-4-9-15/h1-2,5-6,12,16H,3-4,7-11H2. The molecule has 0 amide bonds. The fourth-order valence-electron chi connectivity index (χ4n) is 3.19. The highest BCUT2D eigenvalue weighted by atomic mass is 32.2. The number of benzene rings is 1. The fourth-order valence-corrected chi connectivity index (χ4v) is 4.49. The molecule has 1 aliphatic heterocycles. The van der Waals surface area contributed by atoms with Crippen LogP contribution in [0, 0.1) is 0 Å². The van der Waals surface area contributed by atoms with Gasteiger partial charge in [-0.15, -0.1) is 11.8 Å². The summed E-state index contributed by atoms with van der Waals surface area (Å²) in [5, 5.41) is 10.4. The van der Waals surface area contributed by atoms with Gasteiger partial charge >= 0.3 is 0 Å². The molecule has 3 heteroatoms. The zero-order valence-corrected chi connectivity index (χ0v) is 11.4. The molecule has 3 rings (SSSR count). The molecular formula is C15H20O2S. The van der Waals surface area contributed by atoms with Crippen LogP contribution in [0.1, 0.15) is 38.5 Å². The van der Waals surface area contributed by atoms with Gasteiger partial charge in [0.1, 0.15) is 5.75 Å². The third-order valence-electron chi connectivity index (χ3n) is 4.12. The highest BCUT2D eigenvalue weighted by Gasteiger charge is 2.40. The zero-order chi connectivity index (χ0) is 12.4. The molecule has 2 nitrogen and oxygen atoms in total. The van der Waals surface area contributed by atoms with Gasteiger partial charge in [-0.1, -0.05) is 25.0 Å². The molecule has 1 N–H and O–H groups in total. The number of aromatic hydroxyl groups is 1. The van der Waals surface area contributed by atoms with Gasteiger partial charge in [-0.05, 0) is 37.8 Å². The van der Waals surface area contributed by atoms with Crippen molar-refractivity contribution in [2.45, 2.75) is 54.3 Å². The smallest absolute Gasteiger partial charge is 0.129 e. The van der Waals surface area contributed by atoms with E-state index in [2.05, 4.69) is 0 Å². The number of phenolic OH excluding ortho intramolecular Hbond substituents is 1. The first kappa shape index (κ1) is 12.4. The van der Waals surface area contributed by atoms with Crippen LogP contribution in [-0.2, 0) is 4.74 Å². The average Bonchev–Trinajstić information content (AvgIpc) is 2.80. The van der Waals surface area contributed by atoms with E-state index in [1.54, 1.807) is 6.07 Å². The van der Waals surface area contributed by atoms with Gasteiger partial charge in [0.25, 0.3) is 0 Å². The zero-order valence-electron chi connectivity index (χ0n) is 10.6. The largest absolute Gasteiger partial charge is 0.507 e. The molecule has 2 fully saturated rings. The molecular weight excluding hydrogens is 244 g/mol. The molecule has 1 saturated heterocycles. The summed E-state index contributed by atoms with van der Waals surface area (Å²) < 4.78 is 6.05. The Morgan fingerprint density at radius 2 is 2.00 bits per heavy atom. The minimum absolute atomic E-state index is 0.167. The van der Waals surface area contributed by atoms with E-state index in [-0.39, 0.29) is 5.60 Å². The number of thioether (sulfide) groups is 1. The van der Waals surface area contributed by atoms with Gasteiger partial charge in [0.2, 0.25) is 0 Å². The molecule has 1 saturated carbocycles. The fraction of sp³-hybridized carbons (Fsp3) is 0.600. The van der Waals surface area contributed by atoms with Crippen molar-refractivity contribution in [3.63, 3.8) is 0 Å². The van der Waals surface area contributed by atoms with E-state index < -0.39 is 0 Å². The Balaban J connectivity index is 1.68. The van der Waals surface area contributed by atoms with E-state index in [0.29, 0.717) is 11.0 Å². The number of para-hydroxylation sites is 1. The van der Waals surface area contributed by atoms with Gasteiger partial charge < -0.3 is 9.84 Å². The lowest BCUT2D eigenvalue weighted by Crippen LogP contribution is -2.38. The second-order valence-corrected chi connectivity index (χ2v) is 6.78. The lowest BCUT2D eigenvalue weighted by Gasteiger charge is -2.38. The SMILES string of the molecule is Oc1ccccc1SC1CCOC2(CCCC2)C1. The second-order valence-electron chi connectivity index (χ2n) is 5.44. The third kappa shape index (κ3) is 2.52. The summed E-state index contributed by atoms with van der Waals surface area (Å²) in [6.45, 7) is 0.880. The Kier molecular flexibility index (Phi) is 3.53.